The van der Waals surface area contributed by atoms with Gasteiger partial charge in [-0.15, -0.1) is 11.8 Å². The SMILES string of the molecule is CSc1c(C(=O)Nc2ccccc2)oc(=O)n1-c1ccc(C)cc1. The monoisotopic (exact) mass is 340 g/mol. The van der Waals surface area contributed by atoms with Gasteiger partial charge in [-0.25, -0.2) is 9.36 Å². The third kappa shape index (κ3) is 3.14. The summed E-state index contributed by atoms with van der Waals surface area (Å²) in [6, 6.07) is 16.5. The Hall–Kier alpha value is -2.73. The fraction of sp³-hybridized carbons (Fsp3) is 0.111. The summed E-state index contributed by atoms with van der Waals surface area (Å²) in [4.78, 5) is 24.7. The molecule has 0 saturated carbocycles. The van der Waals surface area contributed by atoms with Crippen molar-refractivity contribution in [3.05, 3.63) is 76.5 Å². The van der Waals surface area contributed by atoms with Gasteiger partial charge in [-0.05, 0) is 37.4 Å². The standard InChI is InChI=1S/C18H16N2O3S/c1-12-8-10-14(11-9-12)20-17(24-2)15(23-18(20)22)16(21)19-13-6-4-3-5-7-13/h3-11H,1-2H3,(H,19,21). The average Bonchev–Trinajstić information content (AvgIpc) is 2.93. The van der Waals surface area contributed by atoms with Crippen LogP contribution in [0.5, 0.6) is 0 Å². The Kier molecular flexibility index (Phi) is 4.57. The maximum absolute atomic E-state index is 12.5. The van der Waals surface area contributed by atoms with Gasteiger partial charge in [0.1, 0.15) is 5.03 Å². The van der Waals surface area contributed by atoms with E-state index in [0.29, 0.717) is 16.4 Å². The molecule has 0 fully saturated rings. The van der Waals surface area contributed by atoms with Crippen molar-refractivity contribution in [2.24, 2.45) is 0 Å². The summed E-state index contributed by atoms with van der Waals surface area (Å²) >= 11 is 1.29. The lowest BCUT2D eigenvalue weighted by Gasteiger charge is -2.06. The minimum Gasteiger partial charge on any atom is -0.401 e. The Morgan fingerprint density at radius 1 is 1.08 bits per heavy atom. The summed E-state index contributed by atoms with van der Waals surface area (Å²) in [5.41, 5.74) is 2.39. The number of benzene rings is 2. The van der Waals surface area contributed by atoms with Gasteiger partial charge in [0.05, 0.1) is 5.69 Å². The van der Waals surface area contributed by atoms with E-state index in [1.54, 1.807) is 18.4 Å². The number of rotatable bonds is 4. The van der Waals surface area contributed by atoms with Gasteiger partial charge in [0, 0.05) is 5.69 Å². The van der Waals surface area contributed by atoms with Gasteiger partial charge in [-0.3, -0.25) is 4.79 Å². The van der Waals surface area contributed by atoms with E-state index in [4.69, 9.17) is 4.42 Å². The van der Waals surface area contributed by atoms with Gasteiger partial charge in [-0.2, -0.15) is 0 Å². The van der Waals surface area contributed by atoms with Gasteiger partial charge in [0.15, 0.2) is 0 Å². The summed E-state index contributed by atoms with van der Waals surface area (Å²) in [5, 5.41) is 3.21. The molecule has 24 heavy (non-hydrogen) atoms. The number of carbonyl (C=O) groups is 1. The molecular weight excluding hydrogens is 324 g/mol. The molecule has 1 aromatic heterocycles. The fourth-order valence-electron chi connectivity index (χ4n) is 2.31. The Labute approximate surface area is 143 Å². The van der Waals surface area contributed by atoms with Gasteiger partial charge in [0.2, 0.25) is 5.76 Å². The summed E-state index contributed by atoms with van der Waals surface area (Å²) in [6.45, 7) is 1.97. The number of anilines is 1. The Morgan fingerprint density at radius 2 is 1.75 bits per heavy atom. The molecule has 6 heteroatoms. The summed E-state index contributed by atoms with van der Waals surface area (Å²) < 4.78 is 6.64. The first kappa shape index (κ1) is 16.1. The van der Waals surface area contributed by atoms with Crippen LogP contribution in [0.3, 0.4) is 0 Å². The van der Waals surface area contributed by atoms with Crippen LogP contribution in [0, 0.1) is 6.92 Å². The molecule has 0 atom stereocenters. The molecule has 0 saturated heterocycles. The highest BCUT2D eigenvalue weighted by atomic mass is 32.2. The molecule has 0 aliphatic heterocycles. The molecule has 1 amide bonds. The zero-order valence-electron chi connectivity index (χ0n) is 13.3. The van der Waals surface area contributed by atoms with Gasteiger partial charge < -0.3 is 9.73 Å². The van der Waals surface area contributed by atoms with Crippen LogP contribution < -0.4 is 11.1 Å². The molecule has 2 aromatic carbocycles. The number of oxazole rings is 1. The smallest absolute Gasteiger partial charge is 0.401 e. The van der Waals surface area contributed by atoms with Crippen molar-refractivity contribution in [3.63, 3.8) is 0 Å². The summed E-state index contributed by atoms with van der Waals surface area (Å²) in [7, 11) is 0. The van der Waals surface area contributed by atoms with Crippen molar-refractivity contribution >= 4 is 23.4 Å². The van der Waals surface area contributed by atoms with Crippen LogP contribution in [0.1, 0.15) is 16.1 Å². The number of aromatic nitrogens is 1. The molecule has 0 radical (unpaired) electrons. The van der Waals surface area contributed by atoms with E-state index in [9.17, 15) is 9.59 Å². The lowest BCUT2D eigenvalue weighted by molar-refractivity contribution is 0.0991. The first-order chi connectivity index (χ1) is 11.6. The van der Waals surface area contributed by atoms with Crippen LogP contribution in [-0.2, 0) is 0 Å². The topological polar surface area (TPSA) is 64.2 Å². The van der Waals surface area contributed by atoms with Crippen molar-refractivity contribution in [2.75, 3.05) is 11.6 Å². The highest BCUT2D eigenvalue weighted by molar-refractivity contribution is 7.98. The predicted octanol–water partition coefficient (Wildman–Crippen LogP) is 3.71. The van der Waals surface area contributed by atoms with Gasteiger partial charge in [-0.1, -0.05) is 35.9 Å². The number of carbonyl (C=O) groups excluding carboxylic acids is 1. The van der Waals surface area contributed by atoms with Crippen molar-refractivity contribution in [2.45, 2.75) is 11.9 Å². The van der Waals surface area contributed by atoms with Gasteiger partial charge >= 0.3 is 5.76 Å². The van der Waals surface area contributed by atoms with E-state index in [-0.39, 0.29) is 5.76 Å². The van der Waals surface area contributed by atoms with E-state index in [2.05, 4.69) is 5.32 Å². The Morgan fingerprint density at radius 3 is 2.38 bits per heavy atom. The highest BCUT2D eigenvalue weighted by Gasteiger charge is 2.23. The molecule has 0 aliphatic carbocycles. The van der Waals surface area contributed by atoms with E-state index in [1.807, 2.05) is 49.4 Å². The molecule has 0 aliphatic rings. The second-order valence-corrected chi connectivity index (χ2v) is 5.99. The fourth-order valence-corrected chi connectivity index (χ4v) is 3.00. The largest absolute Gasteiger partial charge is 0.425 e. The normalized spacial score (nSPS) is 10.6. The third-order valence-electron chi connectivity index (χ3n) is 3.49. The minimum atomic E-state index is -0.582. The molecule has 3 rings (SSSR count). The lowest BCUT2D eigenvalue weighted by atomic mass is 10.2. The first-order valence-electron chi connectivity index (χ1n) is 7.33. The van der Waals surface area contributed by atoms with E-state index in [1.165, 1.54) is 16.3 Å². The number of nitrogens with zero attached hydrogens (tertiary/aromatic N) is 1. The number of thioether (sulfide) groups is 1. The summed E-state index contributed by atoms with van der Waals surface area (Å²) in [6.07, 6.45) is 1.80. The van der Waals surface area contributed by atoms with Crippen LogP contribution in [-0.4, -0.2) is 16.7 Å². The van der Waals surface area contributed by atoms with Crippen LogP contribution in [0.4, 0.5) is 5.69 Å². The Bertz CT molecular complexity index is 912. The predicted molar refractivity (Wildman–Crippen MR) is 95.2 cm³/mol. The molecule has 1 N–H and O–H groups in total. The molecular formula is C18H16N2O3S. The average molecular weight is 340 g/mol. The number of nitrogens with one attached hydrogen (secondary N) is 1. The number of hydrogen-bond donors (Lipinski definition) is 1. The van der Waals surface area contributed by atoms with Crippen LogP contribution in [0.15, 0.2) is 68.8 Å². The maximum Gasteiger partial charge on any atom is 0.425 e. The van der Waals surface area contributed by atoms with Crippen LogP contribution in [0.2, 0.25) is 0 Å². The van der Waals surface area contributed by atoms with E-state index in [0.717, 1.165) is 5.56 Å². The second kappa shape index (κ2) is 6.80. The molecule has 0 spiro atoms. The van der Waals surface area contributed by atoms with Crippen LogP contribution in [0.25, 0.3) is 5.69 Å². The quantitative estimate of drug-likeness (QED) is 0.735. The Balaban J connectivity index is 2.01. The van der Waals surface area contributed by atoms with E-state index < -0.39 is 11.7 Å². The third-order valence-corrected chi connectivity index (χ3v) is 4.25. The molecule has 0 bridgehead atoms. The second-order valence-electron chi connectivity index (χ2n) is 5.20. The molecule has 5 nitrogen and oxygen atoms in total. The van der Waals surface area contributed by atoms with Gasteiger partial charge in [0.25, 0.3) is 5.91 Å². The molecule has 3 aromatic rings. The summed E-state index contributed by atoms with van der Waals surface area (Å²) in [5.74, 6) is -1.02. The van der Waals surface area contributed by atoms with Crippen molar-refractivity contribution < 1.29 is 9.21 Å². The zero-order valence-corrected chi connectivity index (χ0v) is 14.1. The molecule has 122 valence electrons. The first-order valence-corrected chi connectivity index (χ1v) is 8.56. The number of amides is 1. The number of aryl methyl sites for hydroxylation is 1. The zero-order chi connectivity index (χ0) is 17.1. The molecule has 1 heterocycles. The number of para-hydroxylation sites is 1. The maximum atomic E-state index is 12.5. The minimum absolute atomic E-state index is 0.0110. The number of hydrogen-bond acceptors (Lipinski definition) is 4. The lowest BCUT2D eigenvalue weighted by Crippen LogP contribution is -2.13. The van der Waals surface area contributed by atoms with Crippen molar-refractivity contribution in [1.82, 2.24) is 4.57 Å². The van der Waals surface area contributed by atoms with Crippen LogP contribution >= 0.6 is 11.8 Å². The van der Waals surface area contributed by atoms with E-state index >= 15 is 0 Å². The molecule has 0 unspecified atom stereocenters. The van der Waals surface area contributed by atoms with Crippen molar-refractivity contribution in [3.8, 4) is 5.69 Å². The van der Waals surface area contributed by atoms with Crippen molar-refractivity contribution in [1.29, 1.82) is 0 Å². The highest BCUT2D eigenvalue weighted by Crippen LogP contribution is 2.24.